The number of hydrogen-bond acceptors (Lipinski definition) is 4. The van der Waals surface area contributed by atoms with Crippen molar-refractivity contribution in [3.05, 3.63) is 47.0 Å². The van der Waals surface area contributed by atoms with E-state index in [4.69, 9.17) is 27.5 Å². The van der Waals surface area contributed by atoms with E-state index in [1.807, 2.05) is 31.3 Å². The molecule has 0 saturated heterocycles. The van der Waals surface area contributed by atoms with Gasteiger partial charge in [0.1, 0.15) is 0 Å². The maximum atomic E-state index is 9.55. The molecule has 0 aromatic heterocycles. The van der Waals surface area contributed by atoms with Crippen LogP contribution >= 0.6 is 11.6 Å². The highest BCUT2D eigenvalue weighted by Gasteiger charge is 2.08. The zero-order chi connectivity index (χ0) is 15.5. The Morgan fingerprint density at radius 3 is 2.15 bits per heavy atom. The highest BCUT2D eigenvalue weighted by molar-refractivity contribution is 6.31. The molecule has 1 atom stereocenters. The minimum absolute atomic E-state index is 0.152. The first-order valence-corrected chi connectivity index (χ1v) is 6.05. The van der Waals surface area contributed by atoms with Gasteiger partial charge >= 0.3 is 11.9 Å². The molecule has 0 spiro atoms. The van der Waals surface area contributed by atoms with Gasteiger partial charge in [-0.15, -0.1) is 0 Å². The highest BCUT2D eigenvalue weighted by Crippen LogP contribution is 2.21. The Morgan fingerprint density at radius 1 is 1.30 bits per heavy atom. The van der Waals surface area contributed by atoms with Crippen LogP contribution in [-0.4, -0.2) is 35.7 Å². The molecule has 110 valence electrons. The Morgan fingerprint density at radius 2 is 1.80 bits per heavy atom. The summed E-state index contributed by atoms with van der Waals surface area (Å²) in [5.74, 6) is -2.51. The molecule has 0 amide bonds. The van der Waals surface area contributed by atoms with Gasteiger partial charge in [-0.1, -0.05) is 29.8 Å². The second-order valence-electron chi connectivity index (χ2n) is 3.61. The molecule has 1 unspecified atom stereocenters. The van der Waals surface area contributed by atoms with Crippen LogP contribution in [0.3, 0.4) is 0 Å². The predicted octanol–water partition coefficient (Wildman–Crippen LogP) is 1.27. The molecule has 0 aliphatic carbocycles. The number of rotatable bonds is 5. The number of carbonyl (C=O) groups is 2. The van der Waals surface area contributed by atoms with Crippen LogP contribution in [0.4, 0.5) is 0 Å². The minimum atomic E-state index is -1.26. The summed E-state index contributed by atoms with van der Waals surface area (Å²) in [5, 5.41) is 19.5. The third-order valence-corrected chi connectivity index (χ3v) is 2.58. The van der Waals surface area contributed by atoms with Crippen molar-refractivity contribution in [2.24, 2.45) is 5.73 Å². The van der Waals surface area contributed by atoms with Crippen molar-refractivity contribution in [3.8, 4) is 0 Å². The van der Waals surface area contributed by atoms with Gasteiger partial charge in [-0.2, -0.15) is 0 Å². The first-order chi connectivity index (χ1) is 9.42. The third kappa shape index (κ3) is 7.52. The summed E-state index contributed by atoms with van der Waals surface area (Å²) in [5.41, 5.74) is 6.62. The fraction of sp³-hybridized carbons (Fsp3) is 0.231. The Labute approximate surface area is 121 Å². The minimum Gasteiger partial charge on any atom is -0.478 e. The number of benzene rings is 1. The van der Waals surface area contributed by atoms with Crippen LogP contribution in [0.25, 0.3) is 0 Å². The summed E-state index contributed by atoms with van der Waals surface area (Å²) in [4.78, 5) is 19.1. The number of hydrogen-bond donors (Lipinski definition) is 4. The molecule has 20 heavy (non-hydrogen) atoms. The zero-order valence-corrected chi connectivity index (χ0v) is 11.7. The summed E-state index contributed by atoms with van der Waals surface area (Å²) in [6.45, 7) is 0.556. The second kappa shape index (κ2) is 9.96. The fourth-order valence-corrected chi connectivity index (χ4v) is 1.57. The SMILES string of the molecule is CNC(CN)c1ccccc1Cl.O=C(O)/C=C/C(=O)O. The van der Waals surface area contributed by atoms with E-state index in [1.54, 1.807) is 0 Å². The summed E-state index contributed by atoms with van der Waals surface area (Å²) < 4.78 is 0. The zero-order valence-electron chi connectivity index (χ0n) is 10.9. The molecule has 0 saturated carbocycles. The molecule has 1 aromatic rings. The molecule has 0 radical (unpaired) electrons. The molecule has 1 aromatic carbocycles. The van der Waals surface area contributed by atoms with E-state index in [0.29, 0.717) is 18.7 Å². The van der Waals surface area contributed by atoms with E-state index in [2.05, 4.69) is 5.32 Å². The number of carboxylic acids is 2. The molecular formula is C13H17ClN2O4. The van der Waals surface area contributed by atoms with Gasteiger partial charge in [0, 0.05) is 29.8 Å². The smallest absolute Gasteiger partial charge is 0.328 e. The molecule has 0 heterocycles. The van der Waals surface area contributed by atoms with Gasteiger partial charge in [0.05, 0.1) is 0 Å². The summed E-state index contributed by atoms with van der Waals surface area (Å²) in [6, 6.07) is 7.88. The lowest BCUT2D eigenvalue weighted by Crippen LogP contribution is -2.24. The van der Waals surface area contributed by atoms with Crippen molar-refractivity contribution in [3.63, 3.8) is 0 Å². The Kier molecular flexibility index (Phi) is 9.02. The van der Waals surface area contributed by atoms with Gasteiger partial charge in [-0.05, 0) is 18.7 Å². The van der Waals surface area contributed by atoms with Gasteiger partial charge in [-0.3, -0.25) is 0 Å². The normalized spacial score (nSPS) is 11.6. The molecule has 7 heteroatoms. The van der Waals surface area contributed by atoms with Crippen LogP contribution in [-0.2, 0) is 9.59 Å². The largest absolute Gasteiger partial charge is 0.478 e. The number of nitrogens with two attached hydrogens (primary N) is 1. The van der Waals surface area contributed by atoms with Gasteiger partial charge in [0.2, 0.25) is 0 Å². The molecule has 0 bridgehead atoms. The van der Waals surface area contributed by atoms with E-state index in [-0.39, 0.29) is 6.04 Å². The van der Waals surface area contributed by atoms with Crippen LogP contribution in [0.5, 0.6) is 0 Å². The van der Waals surface area contributed by atoms with E-state index in [1.165, 1.54) is 0 Å². The van der Waals surface area contributed by atoms with Crippen molar-refractivity contribution in [2.75, 3.05) is 13.6 Å². The van der Waals surface area contributed by atoms with E-state index in [9.17, 15) is 9.59 Å². The number of carboxylic acid groups (broad SMARTS) is 2. The molecule has 0 aliphatic heterocycles. The molecule has 0 aliphatic rings. The lowest BCUT2D eigenvalue weighted by atomic mass is 10.1. The maximum Gasteiger partial charge on any atom is 0.328 e. The summed E-state index contributed by atoms with van der Waals surface area (Å²) >= 11 is 5.98. The third-order valence-electron chi connectivity index (χ3n) is 2.23. The summed E-state index contributed by atoms with van der Waals surface area (Å²) in [7, 11) is 1.88. The van der Waals surface area contributed by atoms with Crippen LogP contribution in [0, 0.1) is 0 Å². The first-order valence-electron chi connectivity index (χ1n) is 5.68. The molecule has 5 N–H and O–H groups in total. The Hall–Kier alpha value is -1.89. The average molecular weight is 301 g/mol. The quantitative estimate of drug-likeness (QED) is 0.609. The molecular weight excluding hydrogens is 284 g/mol. The average Bonchev–Trinajstić information content (AvgIpc) is 2.40. The van der Waals surface area contributed by atoms with Gasteiger partial charge in [0.15, 0.2) is 0 Å². The van der Waals surface area contributed by atoms with Gasteiger partial charge in [0.25, 0.3) is 0 Å². The van der Waals surface area contributed by atoms with Crippen molar-refractivity contribution < 1.29 is 19.8 Å². The van der Waals surface area contributed by atoms with Gasteiger partial charge < -0.3 is 21.3 Å². The van der Waals surface area contributed by atoms with Crippen molar-refractivity contribution in [1.29, 1.82) is 0 Å². The number of halogens is 1. The lowest BCUT2D eigenvalue weighted by Gasteiger charge is -2.14. The monoisotopic (exact) mass is 300 g/mol. The van der Waals surface area contributed by atoms with E-state index in [0.717, 1.165) is 10.6 Å². The van der Waals surface area contributed by atoms with Crippen molar-refractivity contribution in [2.45, 2.75) is 6.04 Å². The first kappa shape index (κ1) is 18.1. The van der Waals surface area contributed by atoms with Crippen molar-refractivity contribution >= 4 is 23.5 Å². The number of nitrogens with one attached hydrogen (secondary N) is 1. The topological polar surface area (TPSA) is 113 Å². The van der Waals surface area contributed by atoms with E-state index < -0.39 is 11.9 Å². The molecule has 6 nitrogen and oxygen atoms in total. The fourth-order valence-electron chi connectivity index (χ4n) is 1.30. The summed E-state index contributed by atoms with van der Waals surface area (Å²) in [6.07, 6.45) is 1.12. The number of likely N-dealkylation sites (N-methyl/N-ethyl adjacent to an activating group) is 1. The molecule has 1 rings (SSSR count). The lowest BCUT2D eigenvalue weighted by molar-refractivity contribution is -0.134. The Bertz CT molecular complexity index is 457. The van der Waals surface area contributed by atoms with Crippen LogP contribution in [0.2, 0.25) is 5.02 Å². The number of aliphatic carboxylic acids is 2. The predicted molar refractivity (Wildman–Crippen MR) is 76.7 cm³/mol. The Balaban J connectivity index is 0.000000396. The highest BCUT2D eigenvalue weighted by atomic mass is 35.5. The maximum absolute atomic E-state index is 9.55. The molecule has 0 fully saturated rings. The second-order valence-corrected chi connectivity index (χ2v) is 4.02. The van der Waals surface area contributed by atoms with Crippen LogP contribution in [0.1, 0.15) is 11.6 Å². The van der Waals surface area contributed by atoms with Crippen LogP contribution in [0.15, 0.2) is 36.4 Å². The van der Waals surface area contributed by atoms with E-state index >= 15 is 0 Å². The van der Waals surface area contributed by atoms with Gasteiger partial charge in [-0.25, -0.2) is 9.59 Å². The van der Waals surface area contributed by atoms with Crippen molar-refractivity contribution in [1.82, 2.24) is 5.32 Å². The van der Waals surface area contributed by atoms with Crippen LogP contribution < -0.4 is 11.1 Å². The standard InChI is InChI=1S/C9H13ClN2.C4H4O4/c1-12-9(6-11)7-4-2-3-5-8(7)10;5-3(6)1-2-4(7)8/h2-5,9,12H,6,11H2,1H3;1-2H,(H,5,6)(H,7,8)/b;2-1+.